The molecule has 1 aromatic carbocycles. The average Bonchev–Trinajstić information content (AvgIpc) is 2.41. The van der Waals surface area contributed by atoms with Crippen LogP contribution in [0.15, 0.2) is 18.2 Å². The second kappa shape index (κ2) is 8.18. The van der Waals surface area contributed by atoms with Crippen LogP contribution in [0.1, 0.15) is 19.4 Å². The van der Waals surface area contributed by atoms with Crippen molar-refractivity contribution in [2.24, 2.45) is 0 Å². The van der Waals surface area contributed by atoms with Gasteiger partial charge in [0, 0.05) is 12.6 Å². The van der Waals surface area contributed by atoms with Crippen LogP contribution in [0, 0.1) is 18.2 Å². The summed E-state index contributed by atoms with van der Waals surface area (Å²) in [6.07, 6.45) is 4.31. The molecule has 0 spiro atoms. The molecule has 2 N–H and O–H groups in total. The topological polar surface area (TPSA) is 50.4 Å². The molecule has 0 radical (unpaired) electrons. The van der Waals surface area contributed by atoms with Crippen LogP contribution in [0.4, 0.5) is 4.39 Å². The highest BCUT2D eigenvalue weighted by atomic mass is 19.1. The number of terminal acetylenes is 1. The summed E-state index contributed by atoms with van der Waals surface area (Å²) in [7, 11) is 0. The monoisotopic (exact) mass is 278 g/mol. The first kappa shape index (κ1) is 16.0. The molecule has 1 aromatic rings. The minimum absolute atomic E-state index is 0.140. The maximum Gasteiger partial charge on any atom is 0.261 e. The first-order valence-electron chi connectivity index (χ1n) is 6.44. The van der Waals surface area contributed by atoms with Gasteiger partial charge >= 0.3 is 0 Å². The molecular weight excluding hydrogens is 259 g/mol. The van der Waals surface area contributed by atoms with E-state index in [-0.39, 0.29) is 12.5 Å². The van der Waals surface area contributed by atoms with Crippen molar-refractivity contribution in [1.29, 1.82) is 0 Å². The molecule has 0 saturated carbocycles. The van der Waals surface area contributed by atoms with Crippen molar-refractivity contribution in [3.63, 3.8) is 0 Å². The van der Waals surface area contributed by atoms with E-state index in [0.717, 1.165) is 12.1 Å². The molecule has 0 aliphatic rings. The summed E-state index contributed by atoms with van der Waals surface area (Å²) in [6, 6.07) is 4.38. The number of hydrogen-bond acceptors (Lipinski definition) is 3. The van der Waals surface area contributed by atoms with Gasteiger partial charge in [0.2, 0.25) is 0 Å². The Kier molecular flexibility index (Phi) is 6.54. The van der Waals surface area contributed by atoms with Gasteiger partial charge in [0.15, 0.2) is 6.10 Å². The zero-order valence-corrected chi connectivity index (χ0v) is 11.7. The van der Waals surface area contributed by atoms with Crippen molar-refractivity contribution in [2.45, 2.75) is 26.5 Å². The van der Waals surface area contributed by atoms with Crippen LogP contribution in [-0.2, 0) is 11.3 Å². The quantitative estimate of drug-likeness (QED) is 0.742. The van der Waals surface area contributed by atoms with Crippen LogP contribution in [0.2, 0.25) is 0 Å². The predicted molar refractivity (Wildman–Crippen MR) is 75.7 cm³/mol. The molecule has 0 bridgehead atoms. The van der Waals surface area contributed by atoms with Crippen LogP contribution < -0.4 is 15.4 Å². The van der Waals surface area contributed by atoms with Gasteiger partial charge in [-0.25, -0.2) is 4.39 Å². The molecule has 1 atom stereocenters. The van der Waals surface area contributed by atoms with E-state index in [0.29, 0.717) is 12.3 Å². The number of carbonyl (C=O) groups excluding carboxylic acids is 1. The highest BCUT2D eigenvalue weighted by molar-refractivity contribution is 5.80. The third kappa shape index (κ3) is 5.29. The third-order valence-corrected chi connectivity index (χ3v) is 2.56. The van der Waals surface area contributed by atoms with Crippen molar-refractivity contribution < 1.29 is 13.9 Å². The Morgan fingerprint density at radius 1 is 1.50 bits per heavy atom. The van der Waals surface area contributed by atoms with Crippen molar-refractivity contribution in [2.75, 3.05) is 13.1 Å². The van der Waals surface area contributed by atoms with Crippen LogP contribution in [0.5, 0.6) is 5.75 Å². The van der Waals surface area contributed by atoms with E-state index in [2.05, 4.69) is 16.6 Å². The molecule has 1 amide bonds. The summed E-state index contributed by atoms with van der Waals surface area (Å²) < 4.78 is 18.9. The molecule has 108 valence electrons. The SMILES string of the molecule is C#CCNC(=O)C(C)Oc1cc(F)cc(CNCC)c1. The molecule has 0 heterocycles. The number of carbonyl (C=O) groups is 1. The second-order valence-electron chi connectivity index (χ2n) is 4.26. The van der Waals surface area contributed by atoms with Crippen molar-refractivity contribution in [3.8, 4) is 18.1 Å². The number of amides is 1. The number of nitrogens with one attached hydrogen (secondary N) is 2. The molecule has 0 fully saturated rings. The van der Waals surface area contributed by atoms with E-state index in [4.69, 9.17) is 11.2 Å². The molecule has 0 aromatic heterocycles. The van der Waals surface area contributed by atoms with Gasteiger partial charge in [-0.15, -0.1) is 6.42 Å². The number of benzene rings is 1. The lowest BCUT2D eigenvalue weighted by atomic mass is 10.2. The standard InChI is InChI=1S/C15H19FN2O2/c1-4-6-18-15(19)11(3)20-14-8-12(10-17-5-2)7-13(16)9-14/h1,7-9,11,17H,5-6,10H2,2-3H3,(H,18,19). The van der Waals surface area contributed by atoms with Gasteiger partial charge in [-0.3, -0.25) is 4.79 Å². The van der Waals surface area contributed by atoms with E-state index >= 15 is 0 Å². The fourth-order valence-electron chi connectivity index (χ4n) is 1.60. The maximum atomic E-state index is 13.5. The zero-order valence-electron chi connectivity index (χ0n) is 11.7. The summed E-state index contributed by atoms with van der Waals surface area (Å²) in [5.74, 6) is 1.89. The van der Waals surface area contributed by atoms with Gasteiger partial charge in [-0.2, -0.15) is 0 Å². The van der Waals surface area contributed by atoms with E-state index < -0.39 is 11.9 Å². The smallest absolute Gasteiger partial charge is 0.261 e. The fourth-order valence-corrected chi connectivity index (χ4v) is 1.60. The maximum absolute atomic E-state index is 13.5. The summed E-state index contributed by atoms with van der Waals surface area (Å²) >= 11 is 0. The number of halogens is 1. The summed E-state index contributed by atoms with van der Waals surface area (Å²) in [6.45, 7) is 5.02. The molecule has 4 nitrogen and oxygen atoms in total. The highest BCUT2D eigenvalue weighted by Gasteiger charge is 2.14. The molecular formula is C15H19FN2O2. The van der Waals surface area contributed by atoms with E-state index in [1.807, 2.05) is 6.92 Å². The Hall–Kier alpha value is -2.06. The lowest BCUT2D eigenvalue weighted by Crippen LogP contribution is -2.36. The van der Waals surface area contributed by atoms with Gasteiger partial charge < -0.3 is 15.4 Å². The van der Waals surface area contributed by atoms with Crippen molar-refractivity contribution in [3.05, 3.63) is 29.6 Å². The Morgan fingerprint density at radius 3 is 2.90 bits per heavy atom. The van der Waals surface area contributed by atoms with Crippen LogP contribution in [-0.4, -0.2) is 25.1 Å². The predicted octanol–water partition coefficient (Wildman–Crippen LogP) is 1.45. The van der Waals surface area contributed by atoms with Gasteiger partial charge in [0.1, 0.15) is 11.6 Å². The largest absolute Gasteiger partial charge is 0.481 e. The summed E-state index contributed by atoms with van der Waals surface area (Å²) in [5, 5.41) is 5.61. The lowest BCUT2D eigenvalue weighted by Gasteiger charge is -2.15. The minimum Gasteiger partial charge on any atom is -0.481 e. The lowest BCUT2D eigenvalue weighted by molar-refractivity contribution is -0.127. The van der Waals surface area contributed by atoms with Gasteiger partial charge in [0.25, 0.3) is 5.91 Å². The summed E-state index contributed by atoms with van der Waals surface area (Å²) in [5.41, 5.74) is 0.762. The van der Waals surface area contributed by atoms with Crippen LogP contribution in [0.25, 0.3) is 0 Å². The van der Waals surface area contributed by atoms with Crippen LogP contribution >= 0.6 is 0 Å². The normalized spacial score (nSPS) is 11.5. The highest BCUT2D eigenvalue weighted by Crippen LogP contribution is 2.18. The van der Waals surface area contributed by atoms with Crippen molar-refractivity contribution in [1.82, 2.24) is 10.6 Å². The second-order valence-corrected chi connectivity index (χ2v) is 4.26. The summed E-state index contributed by atoms with van der Waals surface area (Å²) in [4.78, 5) is 11.6. The molecule has 1 rings (SSSR count). The van der Waals surface area contributed by atoms with Gasteiger partial charge in [-0.05, 0) is 31.2 Å². The molecule has 0 aliphatic carbocycles. The van der Waals surface area contributed by atoms with E-state index in [1.54, 1.807) is 13.0 Å². The minimum atomic E-state index is -0.739. The molecule has 0 saturated heterocycles. The van der Waals surface area contributed by atoms with Gasteiger partial charge in [0.05, 0.1) is 6.54 Å². The zero-order chi connectivity index (χ0) is 15.0. The number of rotatable bonds is 7. The van der Waals surface area contributed by atoms with Gasteiger partial charge in [-0.1, -0.05) is 12.8 Å². The molecule has 5 heteroatoms. The van der Waals surface area contributed by atoms with Crippen LogP contribution in [0.3, 0.4) is 0 Å². The third-order valence-electron chi connectivity index (χ3n) is 2.56. The van der Waals surface area contributed by atoms with E-state index in [9.17, 15) is 9.18 Å². The first-order valence-corrected chi connectivity index (χ1v) is 6.44. The number of hydrogen-bond donors (Lipinski definition) is 2. The molecule has 0 aliphatic heterocycles. The Bertz CT molecular complexity index is 497. The Morgan fingerprint density at radius 2 is 2.25 bits per heavy atom. The first-order chi connectivity index (χ1) is 9.56. The average molecular weight is 278 g/mol. The Balaban J connectivity index is 2.69. The van der Waals surface area contributed by atoms with E-state index in [1.165, 1.54) is 12.1 Å². The fraction of sp³-hybridized carbons (Fsp3) is 0.400. The number of ether oxygens (including phenoxy) is 1. The Labute approximate surface area is 118 Å². The molecule has 1 unspecified atom stereocenters. The van der Waals surface area contributed by atoms with Crippen molar-refractivity contribution >= 4 is 5.91 Å². The molecule has 20 heavy (non-hydrogen) atoms.